The van der Waals surface area contributed by atoms with Crippen LogP contribution in [-0.4, -0.2) is 37.6 Å². The van der Waals surface area contributed by atoms with Crippen molar-refractivity contribution in [2.45, 2.75) is 52.4 Å². The Morgan fingerprint density at radius 1 is 0.938 bits per heavy atom. The molecular weight excluding hydrogens is 202 g/mol. The van der Waals surface area contributed by atoms with Gasteiger partial charge in [0, 0.05) is 0 Å². The molecule has 0 aromatic carbocycles. The SMILES string of the molecule is CCN(CC)CCCCCCCCO[C]=O. The third-order valence-corrected chi connectivity index (χ3v) is 2.92. The fourth-order valence-corrected chi connectivity index (χ4v) is 1.80. The molecule has 0 aliphatic heterocycles. The van der Waals surface area contributed by atoms with Gasteiger partial charge in [-0.05, 0) is 32.5 Å². The summed E-state index contributed by atoms with van der Waals surface area (Å²) in [5.74, 6) is 0. The second-order valence-electron chi connectivity index (χ2n) is 4.08. The van der Waals surface area contributed by atoms with Gasteiger partial charge in [-0.15, -0.1) is 0 Å². The van der Waals surface area contributed by atoms with Crippen molar-refractivity contribution in [3.63, 3.8) is 0 Å². The molecule has 0 amide bonds. The molecule has 0 spiro atoms. The molecule has 0 fully saturated rings. The fraction of sp³-hybridized carbons (Fsp3) is 0.923. The summed E-state index contributed by atoms with van der Waals surface area (Å²) in [5, 5.41) is 0. The van der Waals surface area contributed by atoms with Crippen LogP contribution in [-0.2, 0) is 9.53 Å². The largest absolute Gasteiger partial charge is 0.457 e. The topological polar surface area (TPSA) is 29.5 Å². The smallest absolute Gasteiger partial charge is 0.417 e. The summed E-state index contributed by atoms with van der Waals surface area (Å²) in [6, 6.07) is 0. The quantitative estimate of drug-likeness (QED) is 0.481. The predicted octanol–water partition coefficient (Wildman–Crippen LogP) is 2.75. The summed E-state index contributed by atoms with van der Waals surface area (Å²) in [4.78, 5) is 12.2. The minimum absolute atomic E-state index is 0.531. The Kier molecular flexibility index (Phi) is 12.1. The molecule has 0 saturated carbocycles. The van der Waals surface area contributed by atoms with E-state index in [4.69, 9.17) is 0 Å². The number of unbranched alkanes of at least 4 members (excludes halogenated alkanes) is 5. The van der Waals surface area contributed by atoms with E-state index in [-0.39, 0.29) is 0 Å². The van der Waals surface area contributed by atoms with Gasteiger partial charge >= 0.3 is 6.47 Å². The number of hydrogen-bond donors (Lipinski definition) is 0. The summed E-state index contributed by atoms with van der Waals surface area (Å²) >= 11 is 0. The first-order valence-electron chi connectivity index (χ1n) is 6.56. The van der Waals surface area contributed by atoms with Crippen LogP contribution in [0.25, 0.3) is 0 Å². The first kappa shape index (κ1) is 15.4. The van der Waals surface area contributed by atoms with Crippen LogP contribution in [0.2, 0.25) is 0 Å². The fourth-order valence-electron chi connectivity index (χ4n) is 1.80. The van der Waals surface area contributed by atoms with Gasteiger partial charge in [0.15, 0.2) is 0 Å². The number of rotatable bonds is 12. The first-order chi connectivity index (χ1) is 7.85. The van der Waals surface area contributed by atoms with Gasteiger partial charge in [0.05, 0.1) is 6.61 Å². The summed E-state index contributed by atoms with van der Waals surface area (Å²) < 4.78 is 4.51. The monoisotopic (exact) mass is 228 g/mol. The standard InChI is InChI=1S/C13H26NO2/c1-3-14(4-2)11-9-7-5-6-8-10-12-16-13-15/h3-12H2,1-2H3. The normalized spacial score (nSPS) is 10.7. The third kappa shape index (κ3) is 9.97. The van der Waals surface area contributed by atoms with Crippen LogP contribution in [0.3, 0.4) is 0 Å². The molecule has 3 heteroatoms. The maximum absolute atomic E-state index is 9.75. The maximum atomic E-state index is 9.75. The molecule has 0 unspecified atom stereocenters. The molecule has 3 nitrogen and oxygen atoms in total. The lowest BCUT2D eigenvalue weighted by Crippen LogP contribution is -2.23. The van der Waals surface area contributed by atoms with Gasteiger partial charge in [0.25, 0.3) is 0 Å². The average Bonchev–Trinajstić information content (AvgIpc) is 2.32. The second-order valence-corrected chi connectivity index (χ2v) is 4.08. The van der Waals surface area contributed by atoms with Gasteiger partial charge in [-0.3, -0.25) is 0 Å². The van der Waals surface area contributed by atoms with Crippen molar-refractivity contribution in [3.05, 3.63) is 0 Å². The molecular formula is C13H26NO2. The Labute approximate surface area is 100 Å². The van der Waals surface area contributed by atoms with Crippen molar-refractivity contribution in [2.75, 3.05) is 26.2 Å². The average molecular weight is 228 g/mol. The van der Waals surface area contributed by atoms with Gasteiger partial charge < -0.3 is 9.64 Å². The van der Waals surface area contributed by atoms with E-state index in [0.29, 0.717) is 6.61 Å². The minimum atomic E-state index is 0.531. The van der Waals surface area contributed by atoms with Gasteiger partial charge in [-0.1, -0.05) is 39.5 Å². The highest BCUT2D eigenvalue weighted by molar-refractivity contribution is 5.37. The Morgan fingerprint density at radius 2 is 1.50 bits per heavy atom. The number of ether oxygens (including phenoxy) is 1. The molecule has 0 atom stereocenters. The molecule has 0 heterocycles. The van der Waals surface area contributed by atoms with Crippen LogP contribution < -0.4 is 0 Å². The highest BCUT2D eigenvalue weighted by Gasteiger charge is 1.98. The van der Waals surface area contributed by atoms with Gasteiger partial charge in [0.1, 0.15) is 0 Å². The van der Waals surface area contributed by atoms with Crippen LogP contribution in [0.5, 0.6) is 0 Å². The Bertz CT molecular complexity index is 147. The number of hydrogen-bond acceptors (Lipinski definition) is 3. The number of carbonyl (C=O) groups excluding carboxylic acids is 1. The first-order valence-corrected chi connectivity index (χ1v) is 6.56. The van der Waals surface area contributed by atoms with Gasteiger partial charge in [0.2, 0.25) is 0 Å². The molecule has 1 radical (unpaired) electrons. The van der Waals surface area contributed by atoms with Crippen LogP contribution in [0, 0.1) is 0 Å². The molecule has 0 aliphatic carbocycles. The highest BCUT2D eigenvalue weighted by Crippen LogP contribution is 2.06. The van der Waals surface area contributed by atoms with Crippen LogP contribution in [0.1, 0.15) is 52.4 Å². The molecule has 16 heavy (non-hydrogen) atoms. The molecule has 0 bridgehead atoms. The molecule has 0 rings (SSSR count). The summed E-state index contributed by atoms with van der Waals surface area (Å²) in [5.41, 5.74) is 0. The maximum Gasteiger partial charge on any atom is 0.417 e. The Morgan fingerprint density at radius 3 is 2.06 bits per heavy atom. The van der Waals surface area contributed by atoms with Crippen molar-refractivity contribution in [1.29, 1.82) is 0 Å². The van der Waals surface area contributed by atoms with E-state index in [9.17, 15) is 4.79 Å². The van der Waals surface area contributed by atoms with E-state index in [1.54, 1.807) is 0 Å². The molecule has 0 aromatic rings. The lowest BCUT2D eigenvalue weighted by Gasteiger charge is -2.17. The zero-order valence-corrected chi connectivity index (χ0v) is 10.8. The van der Waals surface area contributed by atoms with Crippen molar-refractivity contribution < 1.29 is 9.53 Å². The molecule has 95 valence electrons. The second kappa shape index (κ2) is 12.5. The molecule has 0 N–H and O–H groups in total. The van der Waals surface area contributed by atoms with E-state index in [2.05, 4.69) is 23.5 Å². The summed E-state index contributed by atoms with van der Waals surface area (Å²) in [6.45, 7) is 9.97. The zero-order chi connectivity index (χ0) is 12.1. The molecule has 0 saturated heterocycles. The van der Waals surface area contributed by atoms with E-state index in [0.717, 1.165) is 25.9 Å². The van der Waals surface area contributed by atoms with E-state index >= 15 is 0 Å². The van der Waals surface area contributed by atoms with E-state index in [1.165, 1.54) is 38.7 Å². The lowest BCUT2D eigenvalue weighted by molar-refractivity contribution is 0.267. The Balaban J connectivity index is 3.06. The van der Waals surface area contributed by atoms with Gasteiger partial charge in [-0.25, -0.2) is 4.79 Å². The molecule has 0 aromatic heterocycles. The van der Waals surface area contributed by atoms with Crippen LogP contribution in [0.15, 0.2) is 0 Å². The highest BCUT2D eigenvalue weighted by atomic mass is 16.5. The zero-order valence-electron chi connectivity index (χ0n) is 10.8. The van der Waals surface area contributed by atoms with Crippen molar-refractivity contribution in [1.82, 2.24) is 4.90 Å². The summed E-state index contributed by atoms with van der Waals surface area (Å²) in [7, 11) is 0. The number of nitrogens with zero attached hydrogens (tertiary/aromatic N) is 1. The summed E-state index contributed by atoms with van der Waals surface area (Å²) in [6.07, 6.45) is 7.31. The third-order valence-electron chi connectivity index (χ3n) is 2.92. The van der Waals surface area contributed by atoms with E-state index < -0.39 is 0 Å². The minimum Gasteiger partial charge on any atom is -0.457 e. The van der Waals surface area contributed by atoms with Crippen molar-refractivity contribution >= 4 is 6.47 Å². The van der Waals surface area contributed by atoms with Crippen molar-refractivity contribution in [2.24, 2.45) is 0 Å². The lowest BCUT2D eigenvalue weighted by atomic mass is 10.1. The van der Waals surface area contributed by atoms with Gasteiger partial charge in [-0.2, -0.15) is 0 Å². The van der Waals surface area contributed by atoms with Crippen LogP contribution in [0.4, 0.5) is 0 Å². The molecule has 0 aliphatic rings. The van der Waals surface area contributed by atoms with E-state index in [1.807, 2.05) is 0 Å². The van der Waals surface area contributed by atoms with Crippen LogP contribution >= 0.6 is 0 Å². The predicted molar refractivity (Wildman–Crippen MR) is 67.1 cm³/mol. The van der Waals surface area contributed by atoms with Crippen molar-refractivity contribution in [3.8, 4) is 0 Å². The Hall–Kier alpha value is -0.570.